The minimum absolute atomic E-state index is 0.0302. The molecular weight excluding hydrogens is 408 g/mol. The molecular formula is C30H48O3. The summed E-state index contributed by atoms with van der Waals surface area (Å²) in [6, 6.07) is 0. The van der Waals surface area contributed by atoms with Gasteiger partial charge in [0, 0.05) is 0 Å². The number of rotatable bonds is 1. The highest BCUT2D eigenvalue weighted by atomic mass is 16.4. The number of allylic oxidation sites excluding steroid dienone is 2. The lowest BCUT2D eigenvalue weighted by Crippen LogP contribution is -2.65. The highest BCUT2D eigenvalue weighted by Gasteiger charge is 2.69. The van der Waals surface area contributed by atoms with Crippen LogP contribution in [0.1, 0.15) is 106 Å². The molecule has 5 rings (SSSR count). The van der Waals surface area contributed by atoms with Gasteiger partial charge in [0.25, 0.3) is 0 Å². The van der Waals surface area contributed by atoms with Gasteiger partial charge in [0.05, 0.1) is 11.5 Å². The van der Waals surface area contributed by atoms with Crippen molar-refractivity contribution in [2.75, 3.05) is 0 Å². The number of carboxylic acid groups (broad SMARTS) is 1. The molecule has 0 aromatic carbocycles. The molecule has 0 aliphatic heterocycles. The van der Waals surface area contributed by atoms with Crippen LogP contribution in [0.4, 0.5) is 0 Å². The van der Waals surface area contributed by atoms with Crippen LogP contribution in [0.2, 0.25) is 0 Å². The first-order valence-electron chi connectivity index (χ1n) is 13.9. The molecule has 0 amide bonds. The number of aliphatic hydroxyl groups excluding tert-OH is 1. The second-order valence-corrected chi connectivity index (χ2v) is 14.5. The third-order valence-electron chi connectivity index (χ3n) is 13.4. The second-order valence-electron chi connectivity index (χ2n) is 14.5. The van der Waals surface area contributed by atoms with E-state index in [-0.39, 0.29) is 33.7 Å². The first kappa shape index (κ1) is 23.9. The zero-order chi connectivity index (χ0) is 24.2. The molecule has 0 aromatic heterocycles. The third kappa shape index (κ3) is 2.75. The van der Waals surface area contributed by atoms with E-state index in [2.05, 4.69) is 54.5 Å². The van der Waals surface area contributed by atoms with Gasteiger partial charge >= 0.3 is 5.97 Å². The molecule has 2 N–H and O–H groups in total. The quantitative estimate of drug-likeness (QED) is 0.414. The normalized spacial score (nSPS) is 55.3. The zero-order valence-corrected chi connectivity index (χ0v) is 22.2. The molecule has 0 spiro atoms. The van der Waals surface area contributed by atoms with Crippen LogP contribution in [-0.4, -0.2) is 22.3 Å². The van der Waals surface area contributed by atoms with E-state index in [4.69, 9.17) is 0 Å². The SMILES string of the molecule is C[C@H]1[C@H](C)CC[C@]2(C(=O)O)CC[C@]3(C)C(=CC[C@@H]4[C@@]5(C)CC[C@@H](O)C(C)(C)C5CC[C@]43C)[C@H]12. The van der Waals surface area contributed by atoms with Gasteiger partial charge in [-0.2, -0.15) is 0 Å². The molecule has 1 unspecified atom stereocenters. The summed E-state index contributed by atoms with van der Waals surface area (Å²) in [5.41, 5.74) is 1.46. The van der Waals surface area contributed by atoms with Crippen molar-refractivity contribution in [3.8, 4) is 0 Å². The van der Waals surface area contributed by atoms with Crippen molar-refractivity contribution < 1.29 is 15.0 Å². The molecule has 5 aliphatic carbocycles. The first-order chi connectivity index (χ1) is 15.3. The molecule has 0 radical (unpaired) electrons. The minimum atomic E-state index is -0.557. The van der Waals surface area contributed by atoms with Crippen molar-refractivity contribution in [1.29, 1.82) is 0 Å². The molecule has 4 fully saturated rings. The topological polar surface area (TPSA) is 57.5 Å². The lowest BCUT2D eigenvalue weighted by molar-refractivity contribution is -0.206. The Labute approximate surface area is 201 Å². The van der Waals surface area contributed by atoms with Crippen molar-refractivity contribution in [2.24, 2.45) is 56.7 Å². The van der Waals surface area contributed by atoms with Gasteiger partial charge in [0.2, 0.25) is 0 Å². The molecule has 5 aliphatic rings. The molecule has 0 saturated heterocycles. The zero-order valence-electron chi connectivity index (χ0n) is 22.2. The first-order valence-corrected chi connectivity index (χ1v) is 13.9. The Morgan fingerprint density at radius 1 is 0.909 bits per heavy atom. The van der Waals surface area contributed by atoms with E-state index >= 15 is 0 Å². The largest absolute Gasteiger partial charge is 0.481 e. The van der Waals surface area contributed by atoms with Crippen LogP contribution in [0.15, 0.2) is 11.6 Å². The predicted molar refractivity (Wildman–Crippen MR) is 133 cm³/mol. The van der Waals surface area contributed by atoms with E-state index in [1.54, 1.807) is 0 Å². The summed E-state index contributed by atoms with van der Waals surface area (Å²) in [6.45, 7) is 17.0. The van der Waals surface area contributed by atoms with E-state index in [1.807, 2.05) is 0 Å². The van der Waals surface area contributed by atoms with Gasteiger partial charge in [0.1, 0.15) is 0 Å². The number of aliphatic carboxylic acids is 1. The van der Waals surface area contributed by atoms with E-state index < -0.39 is 11.4 Å². The molecule has 3 heteroatoms. The standard InChI is InChI=1S/C30H48O3/c1-18-10-15-30(25(32)33)17-16-28(6)20(24(30)19(18)2)8-9-22-27(5)13-12-23(31)26(3,4)21(27)11-14-29(22,28)7/h8,18-19,21-24,31H,9-17H2,1-7H3,(H,32,33)/t18-,19+,21?,22-,23-,24+,27+,28-,29-,30+/m1/s1. The van der Waals surface area contributed by atoms with Crippen molar-refractivity contribution >= 4 is 5.97 Å². The van der Waals surface area contributed by atoms with Gasteiger partial charge in [-0.15, -0.1) is 0 Å². The Kier molecular flexibility index (Phi) is 5.15. The smallest absolute Gasteiger partial charge is 0.310 e. The number of carboxylic acids is 1. The summed E-state index contributed by atoms with van der Waals surface area (Å²) in [5.74, 6) is 1.82. The van der Waals surface area contributed by atoms with Crippen LogP contribution in [0.5, 0.6) is 0 Å². The number of aliphatic hydroxyl groups is 1. The molecule has 4 saturated carbocycles. The summed E-state index contributed by atoms with van der Waals surface area (Å²) in [6.07, 6.45) is 11.6. The molecule has 3 nitrogen and oxygen atoms in total. The fourth-order valence-corrected chi connectivity index (χ4v) is 10.8. The van der Waals surface area contributed by atoms with Gasteiger partial charge in [-0.3, -0.25) is 4.79 Å². The van der Waals surface area contributed by atoms with Crippen LogP contribution in [0.25, 0.3) is 0 Å². The minimum Gasteiger partial charge on any atom is -0.481 e. The second kappa shape index (κ2) is 7.11. The van der Waals surface area contributed by atoms with E-state index in [1.165, 1.54) is 18.4 Å². The Morgan fingerprint density at radius 2 is 1.61 bits per heavy atom. The number of fused-ring (bicyclic) bond motifs is 7. The fourth-order valence-electron chi connectivity index (χ4n) is 10.8. The highest BCUT2D eigenvalue weighted by molar-refractivity contribution is 5.76. The van der Waals surface area contributed by atoms with Crippen LogP contribution in [0, 0.1) is 56.7 Å². The molecule has 33 heavy (non-hydrogen) atoms. The van der Waals surface area contributed by atoms with Gasteiger partial charge in [-0.1, -0.05) is 60.1 Å². The number of carbonyl (C=O) groups is 1. The monoisotopic (exact) mass is 456 g/mol. The highest BCUT2D eigenvalue weighted by Crippen LogP contribution is 2.75. The van der Waals surface area contributed by atoms with Gasteiger partial charge in [-0.05, 0) is 109 Å². The third-order valence-corrected chi connectivity index (χ3v) is 13.4. The summed E-state index contributed by atoms with van der Waals surface area (Å²) in [4.78, 5) is 12.8. The van der Waals surface area contributed by atoms with Crippen molar-refractivity contribution in [2.45, 2.75) is 112 Å². The van der Waals surface area contributed by atoms with Crippen LogP contribution in [0.3, 0.4) is 0 Å². The average Bonchev–Trinajstić information content (AvgIpc) is 2.74. The number of hydrogen-bond acceptors (Lipinski definition) is 2. The lowest BCUT2D eigenvalue weighted by atomic mass is 9.33. The molecule has 10 atom stereocenters. The maximum absolute atomic E-state index is 12.8. The summed E-state index contributed by atoms with van der Waals surface area (Å²) >= 11 is 0. The fraction of sp³-hybridized carbons (Fsp3) is 0.900. The average molecular weight is 457 g/mol. The summed E-state index contributed by atoms with van der Waals surface area (Å²) < 4.78 is 0. The Hall–Kier alpha value is -0.830. The van der Waals surface area contributed by atoms with Gasteiger partial charge in [0.15, 0.2) is 0 Å². The van der Waals surface area contributed by atoms with E-state index in [0.29, 0.717) is 23.7 Å². The molecule has 0 bridgehead atoms. The molecule has 0 aromatic rings. The van der Waals surface area contributed by atoms with Crippen LogP contribution < -0.4 is 0 Å². The maximum atomic E-state index is 12.8. The van der Waals surface area contributed by atoms with Crippen LogP contribution in [-0.2, 0) is 4.79 Å². The Bertz CT molecular complexity index is 874. The van der Waals surface area contributed by atoms with Gasteiger partial charge in [-0.25, -0.2) is 0 Å². The van der Waals surface area contributed by atoms with E-state index in [9.17, 15) is 15.0 Å². The molecule has 186 valence electrons. The van der Waals surface area contributed by atoms with Crippen LogP contribution >= 0.6 is 0 Å². The molecule has 0 heterocycles. The maximum Gasteiger partial charge on any atom is 0.310 e. The predicted octanol–water partition coefficient (Wildman–Crippen LogP) is 7.09. The van der Waals surface area contributed by atoms with Crippen molar-refractivity contribution in [3.05, 3.63) is 11.6 Å². The van der Waals surface area contributed by atoms with Gasteiger partial charge < -0.3 is 10.2 Å². The Morgan fingerprint density at radius 3 is 2.27 bits per heavy atom. The lowest BCUT2D eigenvalue weighted by Gasteiger charge is -2.71. The summed E-state index contributed by atoms with van der Waals surface area (Å²) in [5, 5.41) is 21.4. The van der Waals surface area contributed by atoms with Crippen molar-refractivity contribution in [1.82, 2.24) is 0 Å². The summed E-state index contributed by atoms with van der Waals surface area (Å²) in [7, 11) is 0. The van der Waals surface area contributed by atoms with Crippen molar-refractivity contribution in [3.63, 3.8) is 0 Å². The Balaban J connectivity index is 1.61. The van der Waals surface area contributed by atoms with E-state index in [0.717, 1.165) is 44.9 Å². The number of hydrogen-bond donors (Lipinski definition) is 2.